The van der Waals surface area contributed by atoms with Crippen LogP contribution in [0.4, 0.5) is 17.1 Å². The third-order valence-electron chi connectivity index (χ3n) is 14.3. The Bertz CT molecular complexity index is 3800. The molecule has 0 saturated heterocycles. The maximum Gasteiger partial charge on any atom is 0.0713 e. The van der Waals surface area contributed by atoms with Crippen molar-refractivity contribution >= 4 is 49.4 Å². The SMILES string of the molecule is c1ccc(C2(c3ccccc3)c3ccccc3-c3ccc(-c4ccc(N(c5ccc6c(ccc7ccccc76)c5)c5ccccc5-c5cccc(-c6cccc7ccccc67)c5)cc4)cc32)cc1. The third kappa shape index (κ3) is 6.39. The fourth-order valence-corrected chi connectivity index (χ4v) is 11.2. The van der Waals surface area contributed by atoms with Crippen molar-refractivity contribution in [2.24, 2.45) is 0 Å². The molecule has 0 spiro atoms. The highest BCUT2D eigenvalue weighted by Gasteiger charge is 2.46. The van der Waals surface area contributed by atoms with Crippen LogP contribution in [-0.2, 0) is 5.41 Å². The lowest BCUT2D eigenvalue weighted by Crippen LogP contribution is -2.28. The van der Waals surface area contributed by atoms with Crippen molar-refractivity contribution < 1.29 is 0 Å². The summed E-state index contributed by atoms with van der Waals surface area (Å²) in [5.41, 5.74) is 17.7. The molecule has 0 radical (unpaired) electrons. The van der Waals surface area contributed by atoms with Gasteiger partial charge in [-0.25, -0.2) is 0 Å². The van der Waals surface area contributed by atoms with Crippen molar-refractivity contribution in [3.63, 3.8) is 0 Å². The Hall–Kier alpha value is -8.78. The van der Waals surface area contributed by atoms with Crippen molar-refractivity contribution in [2.75, 3.05) is 4.90 Å². The molecule has 0 aliphatic heterocycles. The minimum absolute atomic E-state index is 0.461. The molecule has 0 aromatic heterocycles. The zero-order chi connectivity index (χ0) is 45.0. The molecular formula is C67H45N. The fraction of sp³-hybridized carbons (Fsp3) is 0.0149. The van der Waals surface area contributed by atoms with Crippen LogP contribution < -0.4 is 4.90 Å². The van der Waals surface area contributed by atoms with E-state index in [1.54, 1.807) is 0 Å². The molecule has 0 amide bonds. The number of benzene rings is 12. The molecule has 12 aromatic carbocycles. The van der Waals surface area contributed by atoms with E-state index in [0.29, 0.717) is 0 Å². The zero-order valence-corrected chi connectivity index (χ0v) is 37.4. The van der Waals surface area contributed by atoms with Gasteiger partial charge in [-0.2, -0.15) is 0 Å². The average molecular weight is 864 g/mol. The molecule has 318 valence electrons. The fourth-order valence-electron chi connectivity index (χ4n) is 11.2. The summed E-state index contributed by atoms with van der Waals surface area (Å²) in [6.07, 6.45) is 0. The van der Waals surface area contributed by atoms with Gasteiger partial charge in [0.25, 0.3) is 0 Å². The molecule has 68 heavy (non-hydrogen) atoms. The van der Waals surface area contributed by atoms with Crippen molar-refractivity contribution in [3.8, 4) is 44.5 Å². The number of hydrogen-bond donors (Lipinski definition) is 0. The van der Waals surface area contributed by atoms with Gasteiger partial charge < -0.3 is 4.90 Å². The summed E-state index contributed by atoms with van der Waals surface area (Å²) in [5.74, 6) is 0. The summed E-state index contributed by atoms with van der Waals surface area (Å²) in [5, 5.41) is 7.46. The summed E-state index contributed by atoms with van der Waals surface area (Å²) in [7, 11) is 0. The minimum Gasteiger partial charge on any atom is -0.310 e. The van der Waals surface area contributed by atoms with Gasteiger partial charge in [0, 0.05) is 16.9 Å². The van der Waals surface area contributed by atoms with Gasteiger partial charge in [0.2, 0.25) is 0 Å². The Morgan fingerprint density at radius 3 is 1.56 bits per heavy atom. The van der Waals surface area contributed by atoms with E-state index in [1.807, 2.05) is 0 Å². The second kappa shape index (κ2) is 16.3. The van der Waals surface area contributed by atoms with Crippen LogP contribution in [0.1, 0.15) is 22.3 Å². The van der Waals surface area contributed by atoms with Gasteiger partial charge in [-0.3, -0.25) is 0 Å². The van der Waals surface area contributed by atoms with Gasteiger partial charge in [0.05, 0.1) is 11.1 Å². The maximum absolute atomic E-state index is 2.45. The molecule has 12 aromatic rings. The number of para-hydroxylation sites is 1. The molecule has 0 heterocycles. The summed E-state index contributed by atoms with van der Waals surface area (Å²) >= 11 is 0. The van der Waals surface area contributed by atoms with Gasteiger partial charge >= 0.3 is 0 Å². The molecule has 0 N–H and O–H groups in total. The van der Waals surface area contributed by atoms with E-state index in [0.717, 1.165) is 22.6 Å². The number of hydrogen-bond acceptors (Lipinski definition) is 1. The van der Waals surface area contributed by atoms with Crippen LogP contribution in [0, 0.1) is 0 Å². The van der Waals surface area contributed by atoms with E-state index in [-0.39, 0.29) is 0 Å². The minimum atomic E-state index is -0.461. The van der Waals surface area contributed by atoms with Crippen LogP contribution in [0.2, 0.25) is 0 Å². The summed E-state index contributed by atoms with van der Waals surface area (Å²) in [4.78, 5) is 2.44. The van der Waals surface area contributed by atoms with Crippen LogP contribution in [0.25, 0.3) is 76.8 Å². The monoisotopic (exact) mass is 863 g/mol. The van der Waals surface area contributed by atoms with E-state index >= 15 is 0 Å². The first-order chi connectivity index (χ1) is 33.7. The van der Waals surface area contributed by atoms with Gasteiger partial charge in [0.1, 0.15) is 0 Å². The van der Waals surface area contributed by atoms with Gasteiger partial charge in [-0.05, 0) is 136 Å². The van der Waals surface area contributed by atoms with E-state index < -0.39 is 5.41 Å². The highest BCUT2D eigenvalue weighted by molar-refractivity contribution is 6.09. The standard InChI is InChI=1S/C67H45N/c1-3-22-53(23-4-1)67(54-24-5-2-6-25-54)64-31-13-11-29-62(64)63-41-37-49(45-65(63)67)46-35-38-55(39-36-46)68(56-40-42-60-52(44-56)34-33-48-18-8-10-27-58(48)60)66-32-14-12-28-61(66)51-21-15-20-50(43-51)59-30-16-19-47-17-7-9-26-57(47)59/h1-45H. The Morgan fingerprint density at radius 1 is 0.250 bits per heavy atom. The van der Waals surface area contributed by atoms with Crippen LogP contribution in [0.5, 0.6) is 0 Å². The second-order valence-electron chi connectivity index (χ2n) is 18.0. The highest BCUT2D eigenvalue weighted by atomic mass is 15.1. The predicted molar refractivity (Wildman–Crippen MR) is 287 cm³/mol. The van der Waals surface area contributed by atoms with E-state index in [2.05, 4.69) is 278 Å². The molecule has 1 aliphatic rings. The number of nitrogens with zero attached hydrogens (tertiary/aromatic N) is 1. The predicted octanol–water partition coefficient (Wildman–Crippen LogP) is 18.0. The number of anilines is 3. The van der Waals surface area contributed by atoms with Crippen molar-refractivity contribution in [1.82, 2.24) is 0 Å². The molecule has 0 fully saturated rings. The summed E-state index contributed by atoms with van der Waals surface area (Å²) in [6.45, 7) is 0. The topological polar surface area (TPSA) is 3.24 Å². The molecule has 0 bridgehead atoms. The lowest BCUT2D eigenvalue weighted by atomic mass is 9.67. The first-order valence-corrected chi connectivity index (χ1v) is 23.6. The second-order valence-corrected chi connectivity index (χ2v) is 18.0. The number of fused-ring (bicyclic) bond motifs is 7. The molecular weight excluding hydrogens is 819 g/mol. The average Bonchev–Trinajstić information content (AvgIpc) is 3.72. The highest BCUT2D eigenvalue weighted by Crippen LogP contribution is 2.57. The maximum atomic E-state index is 2.45. The molecule has 0 atom stereocenters. The summed E-state index contributed by atoms with van der Waals surface area (Å²) in [6, 6.07) is 101. The van der Waals surface area contributed by atoms with E-state index in [1.165, 1.54) is 93.5 Å². The van der Waals surface area contributed by atoms with Crippen LogP contribution >= 0.6 is 0 Å². The Kier molecular flexibility index (Phi) is 9.47. The lowest BCUT2D eigenvalue weighted by Gasteiger charge is -2.34. The number of rotatable bonds is 8. The molecule has 0 saturated carbocycles. The Balaban J connectivity index is 0.960. The van der Waals surface area contributed by atoms with E-state index in [4.69, 9.17) is 0 Å². The van der Waals surface area contributed by atoms with Crippen molar-refractivity contribution in [2.45, 2.75) is 5.41 Å². The smallest absolute Gasteiger partial charge is 0.0713 e. The third-order valence-corrected chi connectivity index (χ3v) is 14.3. The van der Waals surface area contributed by atoms with Crippen LogP contribution in [0.3, 0.4) is 0 Å². The van der Waals surface area contributed by atoms with Gasteiger partial charge in [-0.15, -0.1) is 0 Å². The van der Waals surface area contributed by atoms with Crippen LogP contribution in [0.15, 0.2) is 273 Å². The Labute approximate surface area is 397 Å². The normalized spacial score (nSPS) is 12.5. The largest absolute Gasteiger partial charge is 0.310 e. The van der Waals surface area contributed by atoms with Gasteiger partial charge in [-0.1, -0.05) is 231 Å². The van der Waals surface area contributed by atoms with Crippen LogP contribution in [-0.4, -0.2) is 0 Å². The van der Waals surface area contributed by atoms with Crippen molar-refractivity contribution in [1.29, 1.82) is 0 Å². The molecule has 13 rings (SSSR count). The Morgan fingerprint density at radius 2 is 0.779 bits per heavy atom. The first-order valence-electron chi connectivity index (χ1n) is 23.6. The molecule has 1 heteroatoms. The van der Waals surface area contributed by atoms with Crippen molar-refractivity contribution in [3.05, 3.63) is 295 Å². The molecule has 0 unspecified atom stereocenters. The van der Waals surface area contributed by atoms with Gasteiger partial charge in [0.15, 0.2) is 0 Å². The quantitative estimate of drug-likeness (QED) is 0.138. The van der Waals surface area contributed by atoms with E-state index in [9.17, 15) is 0 Å². The first kappa shape index (κ1) is 39.6. The molecule has 1 aliphatic carbocycles. The summed E-state index contributed by atoms with van der Waals surface area (Å²) < 4.78 is 0. The zero-order valence-electron chi connectivity index (χ0n) is 37.4. The molecule has 1 nitrogen and oxygen atoms in total. The lowest BCUT2D eigenvalue weighted by molar-refractivity contribution is 0.769.